The van der Waals surface area contributed by atoms with Crippen molar-refractivity contribution >= 4 is 52.2 Å². The minimum atomic E-state index is -5.08. The zero-order valence-corrected chi connectivity index (χ0v) is 22.9. The predicted molar refractivity (Wildman–Crippen MR) is 152 cm³/mol. The van der Waals surface area contributed by atoms with Crippen LogP contribution in [-0.4, -0.2) is 66.9 Å². The van der Waals surface area contributed by atoms with E-state index in [1.807, 2.05) is 30.0 Å². The largest absolute Gasteiger partial charge is 0.494 e. The third-order valence-electron chi connectivity index (χ3n) is 5.76. The quantitative estimate of drug-likeness (QED) is 0.298. The highest BCUT2D eigenvalue weighted by Gasteiger charge is 2.38. The second-order valence-corrected chi connectivity index (χ2v) is 9.61. The molecule has 0 unspecified atom stereocenters. The molecule has 0 atom stereocenters. The molecule has 0 saturated carbocycles. The number of ether oxygens (including phenoxy) is 1. The molecule has 10 nitrogen and oxygen atoms in total. The molecule has 41 heavy (non-hydrogen) atoms. The van der Waals surface area contributed by atoms with Crippen LogP contribution in [0.1, 0.15) is 15.9 Å². The molecule has 1 amide bonds. The van der Waals surface area contributed by atoms with Crippen molar-refractivity contribution in [2.45, 2.75) is 6.18 Å². The van der Waals surface area contributed by atoms with Gasteiger partial charge >= 0.3 is 12.1 Å². The number of aromatic nitrogens is 1. The Morgan fingerprint density at radius 1 is 1.07 bits per heavy atom. The number of rotatable bonds is 7. The molecular formula is C27H27F3N6O4S. The summed E-state index contributed by atoms with van der Waals surface area (Å²) in [6, 6.07) is 17.1. The van der Waals surface area contributed by atoms with E-state index < -0.39 is 12.1 Å². The van der Waals surface area contributed by atoms with Crippen LogP contribution in [-0.2, 0) is 4.79 Å². The number of halogens is 3. The first-order valence-electron chi connectivity index (χ1n) is 12.1. The Kier molecular flexibility index (Phi) is 10.6. The van der Waals surface area contributed by atoms with Crippen molar-refractivity contribution in [3.63, 3.8) is 0 Å². The number of benzene rings is 2. The number of aliphatic carboxylic acids is 1. The molecule has 4 rings (SSSR count). The molecule has 1 aliphatic heterocycles. The summed E-state index contributed by atoms with van der Waals surface area (Å²) in [5.41, 5.74) is 3.88. The molecule has 1 saturated heterocycles. The van der Waals surface area contributed by atoms with E-state index in [1.54, 1.807) is 38.4 Å². The second kappa shape index (κ2) is 14.1. The van der Waals surface area contributed by atoms with E-state index >= 15 is 0 Å². The zero-order valence-electron chi connectivity index (χ0n) is 22.1. The number of nitriles is 1. The molecule has 1 aliphatic rings. The van der Waals surface area contributed by atoms with E-state index in [-0.39, 0.29) is 5.91 Å². The minimum Gasteiger partial charge on any atom is -0.494 e. The van der Waals surface area contributed by atoms with Gasteiger partial charge in [-0.25, -0.2) is 9.78 Å². The number of thioether (sulfide) groups is 1. The number of nitrogens with one attached hydrogen (secondary N) is 3. The summed E-state index contributed by atoms with van der Waals surface area (Å²) in [6.07, 6.45) is -3.58. The zero-order chi connectivity index (χ0) is 30.0. The number of anilines is 5. The first-order valence-corrected chi connectivity index (χ1v) is 13.3. The molecule has 1 fully saturated rings. The maximum atomic E-state index is 12.2. The van der Waals surface area contributed by atoms with Crippen molar-refractivity contribution in [1.82, 2.24) is 10.3 Å². The topological polar surface area (TPSA) is 140 Å². The van der Waals surface area contributed by atoms with Crippen LogP contribution in [0.15, 0.2) is 54.7 Å². The monoisotopic (exact) mass is 588 g/mol. The summed E-state index contributed by atoms with van der Waals surface area (Å²) in [7, 11) is 3.22. The Hall–Kier alpha value is -4.64. The second-order valence-electron chi connectivity index (χ2n) is 8.39. The third-order valence-corrected chi connectivity index (χ3v) is 6.70. The van der Waals surface area contributed by atoms with Gasteiger partial charge in [-0.1, -0.05) is 12.1 Å². The maximum Gasteiger partial charge on any atom is 0.490 e. The molecule has 2 heterocycles. The number of methoxy groups -OCH3 is 1. The molecule has 3 aromatic rings. The van der Waals surface area contributed by atoms with Crippen molar-refractivity contribution in [2.24, 2.45) is 0 Å². The Balaban J connectivity index is 0.000000587. The molecule has 4 N–H and O–H groups in total. The smallest absolute Gasteiger partial charge is 0.490 e. The summed E-state index contributed by atoms with van der Waals surface area (Å²) in [4.78, 5) is 27.9. The van der Waals surface area contributed by atoms with Crippen molar-refractivity contribution < 1.29 is 32.6 Å². The van der Waals surface area contributed by atoms with Gasteiger partial charge in [0.15, 0.2) is 0 Å². The summed E-state index contributed by atoms with van der Waals surface area (Å²) in [5, 5.41) is 25.8. The minimum absolute atomic E-state index is 0.217. The Labute approximate surface area is 238 Å². The van der Waals surface area contributed by atoms with Crippen LogP contribution in [0.4, 0.5) is 41.7 Å². The molecule has 0 aliphatic carbocycles. The van der Waals surface area contributed by atoms with Crippen molar-refractivity contribution in [3.8, 4) is 11.8 Å². The summed E-state index contributed by atoms with van der Waals surface area (Å²) in [5.74, 6) is 0.520. The van der Waals surface area contributed by atoms with Gasteiger partial charge < -0.3 is 30.7 Å². The van der Waals surface area contributed by atoms with Crippen LogP contribution >= 0.6 is 11.8 Å². The van der Waals surface area contributed by atoms with Gasteiger partial charge in [0.25, 0.3) is 5.91 Å². The van der Waals surface area contributed by atoms with E-state index in [1.165, 1.54) is 6.20 Å². The third kappa shape index (κ3) is 8.42. The number of nitrogens with zero attached hydrogens (tertiary/aromatic N) is 3. The molecule has 2 aromatic carbocycles. The van der Waals surface area contributed by atoms with Crippen LogP contribution < -0.4 is 25.6 Å². The Morgan fingerprint density at radius 2 is 1.76 bits per heavy atom. The van der Waals surface area contributed by atoms with Gasteiger partial charge in [-0.15, -0.1) is 0 Å². The lowest BCUT2D eigenvalue weighted by Gasteiger charge is -2.29. The fraction of sp³-hybridized carbons (Fsp3) is 0.259. The SMILES string of the molecule is CNC(=O)c1ccccc1Nc1cc(Nc2ccc(N3CCSCC3)cc2OC)ncc1C#N.O=C(O)C(F)(F)F. The normalized spacial score (nSPS) is 12.7. The van der Waals surface area contributed by atoms with E-state index in [4.69, 9.17) is 14.6 Å². The highest BCUT2D eigenvalue weighted by molar-refractivity contribution is 7.99. The van der Waals surface area contributed by atoms with Crippen LogP contribution in [0.5, 0.6) is 5.75 Å². The lowest BCUT2D eigenvalue weighted by Crippen LogP contribution is -2.32. The fourth-order valence-corrected chi connectivity index (χ4v) is 4.63. The standard InChI is InChI=1S/C25H26N6O2S.C2HF3O2/c1-27-25(32)19-5-3-4-6-20(19)29-22-14-24(28-16-17(22)15-26)30-21-8-7-18(13-23(21)33-2)31-9-11-34-12-10-31;3-2(4,5)1(6)7/h3-8,13-14,16H,9-12H2,1-2H3,(H,27,32)(H2,28,29,30);(H,6,7). The van der Waals surface area contributed by atoms with Crippen molar-refractivity contribution in [2.75, 3.05) is 54.3 Å². The highest BCUT2D eigenvalue weighted by Crippen LogP contribution is 2.34. The van der Waals surface area contributed by atoms with Gasteiger partial charge in [0, 0.05) is 55.7 Å². The van der Waals surface area contributed by atoms with Gasteiger partial charge in [0.05, 0.1) is 35.3 Å². The lowest BCUT2D eigenvalue weighted by atomic mass is 10.1. The Bertz CT molecular complexity index is 1420. The molecule has 216 valence electrons. The number of alkyl halides is 3. The van der Waals surface area contributed by atoms with Gasteiger partial charge in [-0.05, 0) is 24.3 Å². The average Bonchev–Trinajstić information content (AvgIpc) is 2.97. The van der Waals surface area contributed by atoms with E-state index in [0.717, 1.165) is 36.0 Å². The number of pyridine rings is 1. The number of carboxylic acid groups (broad SMARTS) is 1. The van der Waals surface area contributed by atoms with Gasteiger partial charge in [-0.3, -0.25) is 4.79 Å². The van der Waals surface area contributed by atoms with E-state index in [2.05, 4.69) is 38.0 Å². The fourth-order valence-electron chi connectivity index (χ4n) is 3.73. The first kappa shape index (κ1) is 30.9. The number of carbonyl (C=O) groups is 2. The molecule has 0 radical (unpaired) electrons. The van der Waals surface area contributed by atoms with Crippen LogP contribution in [0, 0.1) is 11.3 Å². The number of carbonyl (C=O) groups excluding carboxylic acids is 1. The first-order chi connectivity index (χ1) is 19.6. The van der Waals surface area contributed by atoms with E-state index in [9.17, 15) is 23.2 Å². The number of hydrogen-bond donors (Lipinski definition) is 4. The summed E-state index contributed by atoms with van der Waals surface area (Å²) in [6.45, 7) is 2.04. The highest BCUT2D eigenvalue weighted by atomic mass is 32.2. The van der Waals surface area contributed by atoms with Gasteiger partial charge in [-0.2, -0.15) is 30.2 Å². The Morgan fingerprint density at radius 3 is 2.37 bits per heavy atom. The molecule has 14 heteroatoms. The number of carboxylic acids is 1. The van der Waals surface area contributed by atoms with E-state index in [0.29, 0.717) is 34.1 Å². The lowest BCUT2D eigenvalue weighted by molar-refractivity contribution is -0.192. The van der Waals surface area contributed by atoms with Crippen LogP contribution in [0.25, 0.3) is 0 Å². The predicted octanol–water partition coefficient (Wildman–Crippen LogP) is 5.00. The number of para-hydroxylation sites is 1. The molecule has 0 spiro atoms. The van der Waals surface area contributed by atoms with Gasteiger partial charge in [0.1, 0.15) is 17.6 Å². The molecule has 0 bridgehead atoms. The average molecular weight is 589 g/mol. The van der Waals surface area contributed by atoms with Crippen molar-refractivity contribution in [3.05, 3.63) is 65.9 Å². The molecule has 1 aromatic heterocycles. The maximum absolute atomic E-state index is 12.2. The number of hydrogen-bond acceptors (Lipinski definition) is 9. The summed E-state index contributed by atoms with van der Waals surface area (Å²) < 4.78 is 37.4. The number of amides is 1. The van der Waals surface area contributed by atoms with Gasteiger partial charge in [0.2, 0.25) is 0 Å². The van der Waals surface area contributed by atoms with Crippen LogP contribution in [0.2, 0.25) is 0 Å². The van der Waals surface area contributed by atoms with Crippen LogP contribution in [0.3, 0.4) is 0 Å². The summed E-state index contributed by atoms with van der Waals surface area (Å²) >= 11 is 1.97. The van der Waals surface area contributed by atoms with Crippen molar-refractivity contribution in [1.29, 1.82) is 5.26 Å². The molecular weight excluding hydrogens is 561 g/mol.